The average molecular weight is 358 g/mol. The molecule has 1 aromatic rings. The Morgan fingerprint density at radius 1 is 1.48 bits per heavy atom. The highest BCUT2D eigenvalue weighted by atomic mass is 79.9. The Hall–Kier alpha value is -1.14. The number of rotatable bonds is 5. The quantitative estimate of drug-likeness (QED) is 0.629. The van der Waals surface area contributed by atoms with E-state index in [9.17, 15) is 4.39 Å². The highest BCUT2D eigenvalue weighted by Gasteiger charge is 2.15. The van der Waals surface area contributed by atoms with E-state index in [0.29, 0.717) is 11.0 Å². The van der Waals surface area contributed by atoms with Gasteiger partial charge in [0.25, 0.3) is 0 Å². The van der Waals surface area contributed by atoms with Gasteiger partial charge in [-0.15, -0.1) is 0 Å². The first-order valence-electron chi connectivity index (χ1n) is 7.26. The molecular weight excluding hydrogens is 337 g/mol. The van der Waals surface area contributed by atoms with Crippen LogP contribution in [0.1, 0.15) is 25.3 Å². The molecule has 1 saturated heterocycles. The SMILES string of the molecule is CCNC(=NCc1ccc(Br)c(F)c1)NCC1CCCO1. The van der Waals surface area contributed by atoms with Gasteiger partial charge in [0, 0.05) is 19.7 Å². The lowest BCUT2D eigenvalue weighted by atomic mass is 10.2. The van der Waals surface area contributed by atoms with E-state index in [1.807, 2.05) is 13.0 Å². The van der Waals surface area contributed by atoms with Gasteiger partial charge >= 0.3 is 0 Å². The van der Waals surface area contributed by atoms with Gasteiger partial charge in [-0.2, -0.15) is 0 Å². The van der Waals surface area contributed by atoms with Crippen molar-refractivity contribution in [1.82, 2.24) is 10.6 Å². The Bertz CT molecular complexity index is 490. The zero-order valence-electron chi connectivity index (χ0n) is 12.2. The van der Waals surface area contributed by atoms with Crippen molar-refractivity contribution in [3.05, 3.63) is 34.1 Å². The summed E-state index contributed by atoms with van der Waals surface area (Å²) in [5.41, 5.74) is 0.838. The van der Waals surface area contributed by atoms with Gasteiger partial charge in [0.2, 0.25) is 0 Å². The van der Waals surface area contributed by atoms with E-state index in [1.165, 1.54) is 6.07 Å². The van der Waals surface area contributed by atoms with Crippen molar-refractivity contribution >= 4 is 21.9 Å². The number of hydrogen-bond acceptors (Lipinski definition) is 2. The fraction of sp³-hybridized carbons (Fsp3) is 0.533. The molecule has 0 aliphatic carbocycles. The van der Waals surface area contributed by atoms with Gasteiger partial charge in [0.15, 0.2) is 5.96 Å². The molecule has 1 aliphatic rings. The maximum Gasteiger partial charge on any atom is 0.191 e. The number of hydrogen-bond donors (Lipinski definition) is 2. The van der Waals surface area contributed by atoms with E-state index >= 15 is 0 Å². The molecule has 0 spiro atoms. The van der Waals surface area contributed by atoms with Gasteiger partial charge in [-0.1, -0.05) is 6.07 Å². The van der Waals surface area contributed by atoms with Crippen LogP contribution in [0.2, 0.25) is 0 Å². The molecule has 2 rings (SSSR count). The van der Waals surface area contributed by atoms with Crippen LogP contribution in [0, 0.1) is 5.82 Å². The van der Waals surface area contributed by atoms with E-state index in [4.69, 9.17) is 4.74 Å². The van der Waals surface area contributed by atoms with Crippen LogP contribution in [0.5, 0.6) is 0 Å². The van der Waals surface area contributed by atoms with Crippen molar-refractivity contribution in [2.75, 3.05) is 19.7 Å². The fourth-order valence-corrected chi connectivity index (χ4v) is 2.41. The third-order valence-electron chi connectivity index (χ3n) is 3.27. The minimum atomic E-state index is -0.264. The third kappa shape index (κ3) is 5.28. The second kappa shape index (κ2) is 8.34. The van der Waals surface area contributed by atoms with Crippen LogP contribution in [-0.2, 0) is 11.3 Å². The van der Waals surface area contributed by atoms with E-state index in [2.05, 4.69) is 31.6 Å². The first-order chi connectivity index (χ1) is 10.2. The topological polar surface area (TPSA) is 45.7 Å². The molecule has 1 atom stereocenters. The molecule has 0 bridgehead atoms. The summed E-state index contributed by atoms with van der Waals surface area (Å²) in [4.78, 5) is 4.47. The number of nitrogens with one attached hydrogen (secondary N) is 2. The van der Waals surface area contributed by atoms with Gasteiger partial charge in [-0.3, -0.25) is 0 Å². The fourth-order valence-electron chi connectivity index (χ4n) is 2.17. The molecule has 6 heteroatoms. The zero-order valence-corrected chi connectivity index (χ0v) is 13.7. The Morgan fingerprint density at radius 2 is 2.33 bits per heavy atom. The molecule has 1 fully saturated rings. The molecular formula is C15H21BrFN3O. The molecule has 1 heterocycles. The summed E-state index contributed by atoms with van der Waals surface area (Å²) in [7, 11) is 0. The van der Waals surface area contributed by atoms with Crippen LogP contribution in [0.25, 0.3) is 0 Å². The number of guanidine groups is 1. The molecule has 0 aromatic heterocycles. The second-order valence-corrected chi connectivity index (χ2v) is 5.81. The van der Waals surface area contributed by atoms with Crippen LogP contribution in [0.4, 0.5) is 4.39 Å². The number of benzene rings is 1. The summed E-state index contributed by atoms with van der Waals surface area (Å²) in [5.74, 6) is 0.469. The smallest absolute Gasteiger partial charge is 0.191 e. The first kappa shape index (κ1) is 16.2. The van der Waals surface area contributed by atoms with Crippen molar-refractivity contribution < 1.29 is 9.13 Å². The molecule has 2 N–H and O–H groups in total. The molecule has 21 heavy (non-hydrogen) atoms. The molecule has 0 radical (unpaired) electrons. The van der Waals surface area contributed by atoms with Crippen LogP contribution in [-0.4, -0.2) is 31.8 Å². The lowest BCUT2D eigenvalue weighted by Gasteiger charge is -2.14. The van der Waals surface area contributed by atoms with Crippen molar-refractivity contribution in [2.24, 2.45) is 4.99 Å². The molecule has 4 nitrogen and oxygen atoms in total. The molecule has 1 unspecified atom stereocenters. The average Bonchev–Trinajstić information content (AvgIpc) is 2.99. The van der Waals surface area contributed by atoms with Crippen LogP contribution in [0.15, 0.2) is 27.7 Å². The predicted octanol–water partition coefficient (Wildman–Crippen LogP) is 2.82. The van der Waals surface area contributed by atoms with E-state index in [-0.39, 0.29) is 11.9 Å². The Morgan fingerprint density at radius 3 is 3.00 bits per heavy atom. The highest BCUT2D eigenvalue weighted by Crippen LogP contribution is 2.16. The van der Waals surface area contributed by atoms with Crippen molar-refractivity contribution in [1.29, 1.82) is 0 Å². The van der Waals surface area contributed by atoms with Gasteiger partial charge < -0.3 is 15.4 Å². The van der Waals surface area contributed by atoms with Crippen molar-refractivity contribution in [3.8, 4) is 0 Å². The molecule has 1 aromatic carbocycles. The van der Waals surface area contributed by atoms with E-state index in [0.717, 1.165) is 44.1 Å². The van der Waals surface area contributed by atoms with Crippen LogP contribution < -0.4 is 10.6 Å². The number of halogens is 2. The minimum Gasteiger partial charge on any atom is -0.376 e. The summed E-state index contributed by atoms with van der Waals surface area (Å²) in [6.45, 7) is 4.83. The summed E-state index contributed by atoms with van der Waals surface area (Å²) in [5, 5.41) is 6.45. The lowest BCUT2D eigenvalue weighted by molar-refractivity contribution is 0.114. The first-order valence-corrected chi connectivity index (χ1v) is 8.06. The third-order valence-corrected chi connectivity index (χ3v) is 3.91. The summed E-state index contributed by atoms with van der Waals surface area (Å²) < 4.78 is 19.5. The number of nitrogens with zero attached hydrogens (tertiary/aromatic N) is 1. The second-order valence-electron chi connectivity index (χ2n) is 4.96. The molecule has 1 aliphatic heterocycles. The summed E-state index contributed by atoms with van der Waals surface area (Å²) in [6.07, 6.45) is 2.47. The predicted molar refractivity (Wildman–Crippen MR) is 85.9 cm³/mol. The molecule has 116 valence electrons. The van der Waals surface area contributed by atoms with Crippen molar-refractivity contribution in [2.45, 2.75) is 32.4 Å². The van der Waals surface area contributed by atoms with E-state index in [1.54, 1.807) is 6.07 Å². The molecule has 0 amide bonds. The van der Waals surface area contributed by atoms with E-state index < -0.39 is 0 Å². The summed E-state index contributed by atoms with van der Waals surface area (Å²) in [6, 6.07) is 5.06. The van der Waals surface area contributed by atoms with Crippen LogP contribution in [0.3, 0.4) is 0 Å². The monoisotopic (exact) mass is 357 g/mol. The number of ether oxygens (including phenoxy) is 1. The van der Waals surface area contributed by atoms with Crippen molar-refractivity contribution in [3.63, 3.8) is 0 Å². The lowest BCUT2D eigenvalue weighted by Crippen LogP contribution is -2.41. The highest BCUT2D eigenvalue weighted by molar-refractivity contribution is 9.10. The van der Waals surface area contributed by atoms with Crippen LogP contribution >= 0.6 is 15.9 Å². The Balaban J connectivity index is 1.90. The van der Waals surface area contributed by atoms with Gasteiger partial charge in [0.1, 0.15) is 5.82 Å². The molecule has 0 saturated carbocycles. The van der Waals surface area contributed by atoms with Gasteiger partial charge in [-0.05, 0) is 53.4 Å². The Labute approximate surface area is 133 Å². The Kier molecular flexibility index (Phi) is 6.45. The van der Waals surface area contributed by atoms with Gasteiger partial charge in [-0.25, -0.2) is 9.38 Å². The van der Waals surface area contributed by atoms with Gasteiger partial charge in [0.05, 0.1) is 17.1 Å². The number of aliphatic imine (C=N–C) groups is 1. The normalized spacial score (nSPS) is 18.8. The zero-order chi connectivity index (χ0) is 15.1. The maximum atomic E-state index is 13.5. The standard InChI is InChI=1S/C15H21BrFN3O/c1-2-18-15(20-10-12-4-3-7-21-12)19-9-11-5-6-13(16)14(17)8-11/h5-6,8,12H,2-4,7,9-10H2,1H3,(H2,18,19,20). The minimum absolute atomic E-state index is 0.263. The largest absolute Gasteiger partial charge is 0.376 e. The summed E-state index contributed by atoms with van der Waals surface area (Å²) >= 11 is 3.15. The maximum absolute atomic E-state index is 13.5.